The monoisotopic (exact) mass is 730 g/mol. The average Bonchev–Trinajstić information content (AvgIpc) is 3.86. The summed E-state index contributed by atoms with van der Waals surface area (Å²) in [4.78, 5) is 7.14. The van der Waals surface area contributed by atoms with Crippen LogP contribution in [0.5, 0.6) is 0 Å². The van der Waals surface area contributed by atoms with E-state index in [0.717, 1.165) is 77.9 Å². The fraction of sp³-hybridized carbons (Fsp3) is 0. The highest BCUT2D eigenvalue weighted by Crippen LogP contribution is 2.44. The van der Waals surface area contributed by atoms with E-state index in [1.165, 1.54) is 21.9 Å². The Morgan fingerprint density at radius 1 is 0.333 bits per heavy atom. The third-order valence-corrected chi connectivity index (χ3v) is 10.9. The molecule has 0 N–H and O–H groups in total. The number of fused-ring (bicyclic) bond motifs is 5. The van der Waals surface area contributed by atoms with E-state index in [2.05, 4.69) is 175 Å². The zero-order valence-corrected chi connectivity index (χ0v) is 30.8. The van der Waals surface area contributed by atoms with Crippen molar-refractivity contribution in [3.8, 4) is 44.8 Å². The molecule has 2 aromatic heterocycles. The lowest BCUT2D eigenvalue weighted by Gasteiger charge is -2.27. The number of hydrogen-bond donors (Lipinski definition) is 0. The number of nitrogens with zero attached hydrogens (tertiary/aromatic N) is 2. The number of benzene rings is 9. The second kappa shape index (κ2) is 13.6. The maximum atomic E-state index is 6.63. The zero-order chi connectivity index (χ0) is 37.7. The van der Waals surface area contributed by atoms with Crippen molar-refractivity contribution in [3.05, 3.63) is 206 Å². The standard InChI is InChI=1S/C53H34N2O2/c1-4-14-35(15-5-1)39-22-12-23-40(30-39)55(41-26-28-45(47(31-41)37-16-6-2-7-17-37)44-25-13-21-36-18-10-11-24-43(36)44)42-27-29-46-48-33-52-49(34-51(48)56-50(46)32-42)54-53(57-52)38-19-8-3-9-20-38/h1-34H. The first-order chi connectivity index (χ1) is 28.2. The van der Waals surface area contributed by atoms with E-state index in [9.17, 15) is 0 Å². The Labute approximate surface area is 329 Å². The van der Waals surface area contributed by atoms with Gasteiger partial charge in [0.2, 0.25) is 5.89 Å². The Morgan fingerprint density at radius 3 is 1.79 bits per heavy atom. The summed E-state index contributed by atoms with van der Waals surface area (Å²) in [5.41, 5.74) is 14.1. The van der Waals surface area contributed by atoms with E-state index in [1.807, 2.05) is 36.4 Å². The SMILES string of the molecule is c1ccc(-c2cccc(N(c3ccc(-c4cccc5ccccc45)c(-c4ccccc4)c3)c3ccc4c(c3)oc3cc5nc(-c6ccccc6)oc5cc34)c2)cc1. The number of aromatic nitrogens is 1. The quantitative estimate of drug-likeness (QED) is 0.164. The number of oxazole rings is 1. The zero-order valence-electron chi connectivity index (χ0n) is 30.8. The van der Waals surface area contributed by atoms with Crippen LogP contribution in [0.15, 0.2) is 215 Å². The molecule has 11 rings (SSSR count). The van der Waals surface area contributed by atoms with E-state index < -0.39 is 0 Å². The Hall–Kier alpha value is -7.69. The van der Waals surface area contributed by atoms with Crippen LogP contribution in [0.1, 0.15) is 0 Å². The maximum Gasteiger partial charge on any atom is 0.227 e. The van der Waals surface area contributed by atoms with Crippen LogP contribution >= 0.6 is 0 Å². The molecule has 268 valence electrons. The van der Waals surface area contributed by atoms with Crippen LogP contribution in [0, 0.1) is 0 Å². The molecule has 0 bridgehead atoms. The van der Waals surface area contributed by atoms with E-state index in [1.54, 1.807) is 0 Å². The molecule has 0 radical (unpaired) electrons. The van der Waals surface area contributed by atoms with E-state index in [4.69, 9.17) is 13.8 Å². The number of furan rings is 1. The summed E-state index contributed by atoms with van der Waals surface area (Å²) in [6.45, 7) is 0. The van der Waals surface area contributed by atoms with Crippen molar-refractivity contribution >= 4 is 60.9 Å². The Bertz CT molecular complexity index is 3230. The Balaban J connectivity index is 1.09. The molecule has 0 saturated heterocycles. The molecule has 0 fully saturated rings. The third kappa shape index (κ3) is 5.83. The molecule has 0 saturated carbocycles. The predicted octanol–water partition coefficient (Wildman–Crippen LogP) is 15.0. The number of rotatable bonds is 7. The van der Waals surface area contributed by atoms with E-state index in [-0.39, 0.29) is 0 Å². The first-order valence-corrected chi connectivity index (χ1v) is 19.2. The first-order valence-electron chi connectivity index (χ1n) is 19.2. The van der Waals surface area contributed by atoms with Gasteiger partial charge in [-0.3, -0.25) is 0 Å². The summed E-state index contributed by atoms with van der Waals surface area (Å²) in [7, 11) is 0. The molecular weight excluding hydrogens is 697 g/mol. The van der Waals surface area contributed by atoms with Crippen molar-refractivity contribution in [2.75, 3.05) is 4.90 Å². The van der Waals surface area contributed by atoms with Gasteiger partial charge in [0.15, 0.2) is 5.58 Å². The van der Waals surface area contributed by atoms with Crippen molar-refractivity contribution < 1.29 is 8.83 Å². The van der Waals surface area contributed by atoms with Gasteiger partial charge in [0.1, 0.15) is 16.7 Å². The fourth-order valence-electron chi connectivity index (χ4n) is 8.15. The number of anilines is 3. The molecular formula is C53H34N2O2. The molecule has 0 amide bonds. The summed E-state index contributed by atoms with van der Waals surface area (Å²) in [6, 6.07) is 72.5. The van der Waals surface area contributed by atoms with Crippen molar-refractivity contribution in [3.63, 3.8) is 0 Å². The topological polar surface area (TPSA) is 42.4 Å². The van der Waals surface area contributed by atoms with E-state index >= 15 is 0 Å². The maximum absolute atomic E-state index is 6.63. The van der Waals surface area contributed by atoms with Gasteiger partial charge in [0.05, 0.1) is 0 Å². The van der Waals surface area contributed by atoms with Crippen LogP contribution in [-0.2, 0) is 0 Å². The number of hydrogen-bond acceptors (Lipinski definition) is 4. The minimum absolute atomic E-state index is 0.597. The predicted molar refractivity (Wildman–Crippen MR) is 235 cm³/mol. The van der Waals surface area contributed by atoms with Crippen LogP contribution in [0.4, 0.5) is 17.1 Å². The minimum Gasteiger partial charge on any atom is -0.456 e. The van der Waals surface area contributed by atoms with Crippen molar-refractivity contribution in [2.24, 2.45) is 0 Å². The molecule has 57 heavy (non-hydrogen) atoms. The molecule has 0 spiro atoms. The van der Waals surface area contributed by atoms with Gasteiger partial charge in [0.25, 0.3) is 0 Å². The van der Waals surface area contributed by atoms with Crippen molar-refractivity contribution in [1.82, 2.24) is 4.98 Å². The van der Waals surface area contributed by atoms with Gasteiger partial charge in [-0.15, -0.1) is 0 Å². The first kappa shape index (κ1) is 32.7. The molecule has 9 aromatic carbocycles. The summed E-state index contributed by atoms with van der Waals surface area (Å²) in [6.07, 6.45) is 0. The van der Waals surface area contributed by atoms with Crippen LogP contribution in [0.25, 0.3) is 88.6 Å². The Morgan fingerprint density at radius 2 is 0.965 bits per heavy atom. The molecule has 0 aliphatic carbocycles. The minimum atomic E-state index is 0.597. The van der Waals surface area contributed by atoms with Crippen molar-refractivity contribution in [1.29, 1.82) is 0 Å². The Kier molecular flexibility index (Phi) is 7.78. The summed E-state index contributed by atoms with van der Waals surface area (Å²) in [5.74, 6) is 0.597. The van der Waals surface area contributed by atoms with Gasteiger partial charge in [-0.2, -0.15) is 0 Å². The second-order valence-corrected chi connectivity index (χ2v) is 14.4. The van der Waals surface area contributed by atoms with Gasteiger partial charge in [-0.1, -0.05) is 140 Å². The highest BCUT2D eigenvalue weighted by Gasteiger charge is 2.20. The lowest BCUT2D eigenvalue weighted by molar-refractivity contribution is 0.620. The smallest absolute Gasteiger partial charge is 0.227 e. The van der Waals surface area contributed by atoms with Crippen LogP contribution in [0.2, 0.25) is 0 Å². The lowest BCUT2D eigenvalue weighted by Crippen LogP contribution is -2.10. The van der Waals surface area contributed by atoms with E-state index in [0.29, 0.717) is 5.89 Å². The van der Waals surface area contributed by atoms with Gasteiger partial charge >= 0.3 is 0 Å². The van der Waals surface area contributed by atoms with Gasteiger partial charge in [0, 0.05) is 45.5 Å². The fourth-order valence-corrected chi connectivity index (χ4v) is 8.15. The molecule has 0 aliphatic rings. The van der Waals surface area contributed by atoms with Gasteiger partial charge in [-0.05, 0) is 98.8 Å². The van der Waals surface area contributed by atoms with Gasteiger partial charge < -0.3 is 13.7 Å². The molecule has 0 unspecified atom stereocenters. The van der Waals surface area contributed by atoms with Crippen LogP contribution < -0.4 is 4.90 Å². The summed E-state index contributed by atoms with van der Waals surface area (Å²) >= 11 is 0. The van der Waals surface area contributed by atoms with Gasteiger partial charge in [-0.25, -0.2) is 4.98 Å². The molecule has 0 aliphatic heterocycles. The van der Waals surface area contributed by atoms with Crippen LogP contribution in [0.3, 0.4) is 0 Å². The molecule has 0 atom stereocenters. The molecule has 4 heteroatoms. The second-order valence-electron chi connectivity index (χ2n) is 14.4. The summed E-state index contributed by atoms with van der Waals surface area (Å²) < 4.78 is 12.9. The highest BCUT2D eigenvalue weighted by molar-refractivity contribution is 6.10. The van der Waals surface area contributed by atoms with Crippen molar-refractivity contribution in [2.45, 2.75) is 0 Å². The summed E-state index contributed by atoms with van der Waals surface area (Å²) in [5, 5.41) is 4.45. The molecule has 11 aromatic rings. The lowest BCUT2D eigenvalue weighted by atomic mass is 9.90. The molecule has 4 nitrogen and oxygen atoms in total. The normalized spacial score (nSPS) is 11.5. The van der Waals surface area contributed by atoms with Crippen LogP contribution in [-0.4, -0.2) is 4.98 Å². The largest absolute Gasteiger partial charge is 0.456 e. The highest BCUT2D eigenvalue weighted by atomic mass is 16.4. The average molecular weight is 731 g/mol. The third-order valence-electron chi connectivity index (χ3n) is 10.9. The molecule has 2 heterocycles.